The minimum atomic E-state index is 0.884. The van der Waals surface area contributed by atoms with Gasteiger partial charge in [-0.2, -0.15) is 0 Å². The molecule has 0 amide bonds. The Bertz CT molecular complexity index is 1260. The summed E-state index contributed by atoms with van der Waals surface area (Å²) in [6.07, 6.45) is 0. The Labute approximate surface area is 152 Å². The molecule has 2 aromatic heterocycles. The van der Waals surface area contributed by atoms with Crippen LogP contribution in [0.3, 0.4) is 0 Å². The summed E-state index contributed by atoms with van der Waals surface area (Å²) >= 11 is 0. The van der Waals surface area contributed by atoms with Crippen molar-refractivity contribution in [2.24, 2.45) is 0 Å². The Hall–Kier alpha value is -3.26. The van der Waals surface area contributed by atoms with Crippen LogP contribution in [0.2, 0.25) is 0 Å². The lowest BCUT2D eigenvalue weighted by atomic mass is 10.0. The molecule has 0 bridgehead atoms. The van der Waals surface area contributed by atoms with Crippen LogP contribution in [0.15, 0.2) is 78.9 Å². The number of aromatic nitrogens is 1. The third-order valence-corrected chi connectivity index (χ3v) is 5.12. The molecular weight excluding hydrogens is 318 g/mol. The number of hydrogen-bond donors (Lipinski definition) is 0. The van der Waals surface area contributed by atoms with Gasteiger partial charge in [0.25, 0.3) is 0 Å². The molecule has 2 nitrogen and oxygen atoms in total. The predicted molar refractivity (Wildman–Crippen MR) is 109 cm³/mol. The first-order valence-electron chi connectivity index (χ1n) is 8.82. The van der Waals surface area contributed by atoms with Crippen LogP contribution in [0, 0.1) is 6.92 Å². The van der Waals surface area contributed by atoms with E-state index in [4.69, 9.17) is 4.74 Å². The smallest absolute Gasteiger partial charge is 0.119 e. The first-order valence-corrected chi connectivity index (χ1v) is 8.82. The standard InChI is InChI=1S/C24H19NO/c1-16-7-9-17(10-8-16)21-14-18-5-3-4-6-22(18)25-23-12-11-20(26-2)13-19(23)15-24(21)25/h3-15H,1-2H3. The van der Waals surface area contributed by atoms with Crippen molar-refractivity contribution in [2.75, 3.05) is 7.11 Å². The first kappa shape index (κ1) is 15.0. The molecule has 0 unspecified atom stereocenters. The second-order valence-electron chi connectivity index (χ2n) is 6.77. The summed E-state index contributed by atoms with van der Waals surface area (Å²) in [6.45, 7) is 2.12. The highest BCUT2D eigenvalue weighted by Gasteiger charge is 2.13. The number of pyridine rings is 1. The average molecular weight is 337 g/mol. The topological polar surface area (TPSA) is 13.6 Å². The molecule has 26 heavy (non-hydrogen) atoms. The largest absolute Gasteiger partial charge is 0.497 e. The van der Waals surface area contributed by atoms with Gasteiger partial charge in [0.05, 0.1) is 23.7 Å². The second-order valence-corrected chi connectivity index (χ2v) is 6.77. The second kappa shape index (κ2) is 5.63. The van der Waals surface area contributed by atoms with Gasteiger partial charge in [0, 0.05) is 10.9 Å². The van der Waals surface area contributed by atoms with E-state index in [9.17, 15) is 0 Å². The van der Waals surface area contributed by atoms with Gasteiger partial charge >= 0.3 is 0 Å². The van der Waals surface area contributed by atoms with Crippen molar-refractivity contribution in [3.63, 3.8) is 0 Å². The van der Waals surface area contributed by atoms with Gasteiger partial charge in [-0.05, 0) is 54.3 Å². The zero-order chi connectivity index (χ0) is 17.7. The van der Waals surface area contributed by atoms with Crippen LogP contribution in [-0.2, 0) is 0 Å². The molecule has 0 aliphatic carbocycles. The summed E-state index contributed by atoms with van der Waals surface area (Å²) in [7, 11) is 1.71. The zero-order valence-corrected chi connectivity index (χ0v) is 14.9. The number of methoxy groups -OCH3 is 1. The van der Waals surface area contributed by atoms with Gasteiger partial charge < -0.3 is 9.14 Å². The summed E-state index contributed by atoms with van der Waals surface area (Å²) in [4.78, 5) is 0. The molecular formula is C24H19NO. The number of aryl methyl sites for hydroxylation is 1. The van der Waals surface area contributed by atoms with Crippen molar-refractivity contribution in [1.29, 1.82) is 0 Å². The molecule has 0 atom stereocenters. The maximum absolute atomic E-state index is 5.42. The Kier molecular flexibility index (Phi) is 3.26. The molecule has 5 rings (SSSR count). The predicted octanol–water partition coefficient (Wildman–Crippen LogP) is 6.23. The van der Waals surface area contributed by atoms with Gasteiger partial charge in [-0.3, -0.25) is 0 Å². The van der Waals surface area contributed by atoms with Gasteiger partial charge in [-0.25, -0.2) is 0 Å². The Morgan fingerprint density at radius 2 is 1.46 bits per heavy atom. The highest BCUT2D eigenvalue weighted by atomic mass is 16.5. The molecule has 0 N–H and O–H groups in total. The maximum atomic E-state index is 5.42. The molecule has 5 aromatic rings. The van der Waals surface area contributed by atoms with Crippen LogP contribution in [-0.4, -0.2) is 11.5 Å². The Morgan fingerprint density at radius 1 is 0.692 bits per heavy atom. The third-order valence-electron chi connectivity index (χ3n) is 5.12. The van der Waals surface area contributed by atoms with Crippen LogP contribution in [0.5, 0.6) is 5.75 Å². The van der Waals surface area contributed by atoms with Crippen molar-refractivity contribution in [3.8, 4) is 16.9 Å². The molecule has 0 radical (unpaired) electrons. The number of nitrogens with zero attached hydrogens (tertiary/aromatic N) is 1. The molecule has 0 aliphatic heterocycles. The minimum absolute atomic E-state index is 0.884. The zero-order valence-electron chi connectivity index (χ0n) is 14.9. The van der Waals surface area contributed by atoms with E-state index in [-0.39, 0.29) is 0 Å². The third kappa shape index (κ3) is 2.19. The molecule has 0 saturated heterocycles. The van der Waals surface area contributed by atoms with Crippen LogP contribution in [0.1, 0.15) is 5.56 Å². The van der Waals surface area contributed by atoms with Crippen LogP contribution >= 0.6 is 0 Å². The molecule has 0 saturated carbocycles. The molecule has 126 valence electrons. The van der Waals surface area contributed by atoms with Crippen molar-refractivity contribution >= 4 is 27.3 Å². The van der Waals surface area contributed by atoms with E-state index in [1.807, 2.05) is 6.07 Å². The number of rotatable bonds is 2. The van der Waals surface area contributed by atoms with E-state index < -0.39 is 0 Å². The summed E-state index contributed by atoms with van der Waals surface area (Å²) in [6, 6.07) is 28.2. The van der Waals surface area contributed by atoms with Crippen molar-refractivity contribution < 1.29 is 4.74 Å². The fraction of sp³-hybridized carbons (Fsp3) is 0.0833. The molecule has 3 aromatic carbocycles. The SMILES string of the molecule is COc1ccc2c(c1)cc1c(-c3ccc(C)cc3)cc3ccccc3n12. The summed E-state index contributed by atoms with van der Waals surface area (Å²) in [5.41, 5.74) is 7.40. The summed E-state index contributed by atoms with van der Waals surface area (Å²) in [5, 5.41) is 2.43. The van der Waals surface area contributed by atoms with E-state index in [0.717, 1.165) is 5.75 Å². The van der Waals surface area contributed by atoms with Crippen LogP contribution in [0.25, 0.3) is 38.4 Å². The normalized spacial score (nSPS) is 11.5. The number of hydrogen-bond acceptors (Lipinski definition) is 1. The van der Waals surface area contributed by atoms with E-state index >= 15 is 0 Å². The average Bonchev–Trinajstić information content (AvgIpc) is 3.07. The quantitative estimate of drug-likeness (QED) is 0.372. The number of para-hydroxylation sites is 1. The fourth-order valence-corrected chi connectivity index (χ4v) is 3.79. The Morgan fingerprint density at radius 3 is 2.27 bits per heavy atom. The van der Waals surface area contributed by atoms with E-state index in [0.29, 0.717) is 0 Å². The fourth-order valence-electron chi connectivity index (χ4n) is 3.79. The van der Waals surface area contributed by atoms with Crippen molar-refractivity contribution in [1.82, 2.24) is 4.40 Å². The number of ether oxygens (including phenoxy) is 1. The highest BCUT2D eigenvalue weighted by molar-refractivity contribution is 6.01. The Balaban J connectivity index is 1.96. The summed E-state index contributed by atoms with van der Waals surface area (Å²) < 4.78 is 7.78. The van der Waals surface area contributed by atoms with Crippen molar-refractivity contribution in [2.45, 2.75) is 6.92 Å². The van der Waals surface area contributed by atoms with Crippen molar-refractivity contribution in [3.05, 3.63) is 84.4 Å². The molecule has 0 fully saturated rings. The van der Waals surface area contributed by atoms with E-state index in [1.54, 1.807) is 7.11 Å². The van der Waals surface area contributed by atoms with E-state index in [1.165, 1.54) is 44.0 Å². The van der Waals surface area contributed by atoms with Crippen LogP contribution < -0.4 is 4.74 Å². The van der Waals surface area contributed by atoms with Gasteiger partial charge in [-0.1, -0.05) is 48.0 Å². The van der Waals surface area contributed by atoms with Gasteiger partial charge in [0.15, 0.2) is 0 Å². The van der Waals surface area contributed by atoms with E-state index in [2.05, 4.69) is 84.1 Å². The van der Waals surface area contributed by atoms with Crippen LogP contribution in [0.4, 0.5) is 0 Å². The summed E-state index contributed by atoms with van der Waals surface area (Å²) in [5.74, 6) is 0.884. The highest BCUT2D eigenvalue weighted by Crippen LogP contribution is 2.35. The molecule has 2 heterocycles. The molecule has 2 heteroatoms. The minimum Gasteiger partial charge on any atom is -0.497 e. The lowest BCUT2D eigenvalue weighted by Crippen LogP contribution is -1.91. The monoisotopic (exact) mass is 337 g/mol. The molecule has 0 spiro atoms. The number of benzene rings is 3. The van der Waals surface area contributed by atoms with Gasteiger partial charge in [0.2, 0.25) is 0 Å². The lowest BCUT2D eigenvalue weighted by molar-refractivity contribution is 0.415. The number of fused-ring (bicyclic) bond motifs is 5. The maximum Gasteiger partial charge on any atom is 0.119 e. The first-order chi connectivity index (χ1) is 12.7. The molecule has 0 aliphatic rings. The van der Waals surface area contributed by atoms with Gasteiger partial charge in [0.1, 0.15) is 5.75 Å². The lowest BCUT2D eigenvalue weighted by Gasteiger charge is -2.11. The van der Waals surface area contributed by atoms with Gasteiger partial charge in [-0.15, -0.1) is 0 Å².